The van der Waals surface area contributed by atoms with Crippen LogP contribution in [0.5, 0.6) is 0 Å². The summed E-state index contributed by atoms with van der Waals surface area (Å²) in [4.78, 5) is 34.4. The first-order chi connectivity index (χ1) is 16.8. The molecule has 2 amide bonds. The third-order valence-electron chi connectivity index (χ3n) is 6.12. The van der Waals surface area contributed by atoms with Gasteiger partial charge in [0, 0.05) is 43.1 Å². The Morgan fingerprint density at radius 1 is 1.23 bits per heavy atom. The Balaban J connectivity index is 1.41. The van der Waals surface area contributed by atoms with Crippen molar-refractivity contribution in [2.45, 2.75) is 24.2 Å². The molecule has 5 rings (SSSR count). The number of nitrogens with one attached hydrogen (secondary N) is 4. The van der Waals surface area contributed by atoms with Crippen molar-refractivity contribution in [2.75, 3.05) is 26.7 Å². The van der Waals surface area contributed by atoms with Crippen LogP contribution in [-0.2, 0) is 27.9 Å². The summed E-state index contributed by atoms with van der Waals surface area (Å²) >= 11 is 0. The molecule has 4 N–H and O–H groups in total. The van der Waals surface area contributed by atoms with Crippen molar-refractivity contribution < 1.29 is 22.4 Å². The van der Waals surface area contributed by atoms with Crippen molar-refractivity contribution >= 4 is 32.7 Å². The number of rotatable bonds is 4. The second-order valence-corrected chi connectivity index (χ2v) is 10.1. The van der Waals surface area contributed by atoms with Gasteiger partial charge in [0.05, 0.1) is 18.8 Å². The number of fused-ring (bicyclic) bond motifs is 2. The molecule has 35 heavy (non-hydrogen) atoms. The highest BCUT2D eigenvalue weighted by molar-refractivity contribution is 7.89. The predicted octanol–water partition coefficient (Wildman–Crippen LogP) is -0.494. The number of hydrogen-bond donors (Lipinski definition) is 4. The lowest BCUT2D eigenvalue weighted by Gasteiger charge is -2.38. The van der Waals surface area contributed by atoms with Gasteiger partial charge < -0.3 is 19.6 Å². The number of oxazole rings is 1. The summed E-state index contributed by atoms with van der Waals surface area (Å²) in [5, 5.41) is 3.16. The lowest BCUT2D eigenvalue weighted by atomic mass is 10.1. The van der Waals surface area contributed by atoms with E-state index in [9.17, 15) is 18.0 Å². The molecule has 1 atom stereocenters. The fraction of sp³-hybridized carbons (Fsp3) is 0.318. The van der Waals surface area contributed by atoms with Crippen LogP contribution in [0.1, 0.15) is 27.7 Å². The van der Waals surface area contributed by atoms with E-state index in [1.807, 2.05) is 0 Å². The van der Waals surface area contributed by atoms with Crippen LogP contribution in [0, 0.1) is 12.3 Å². The Morgan fingerprint density at radius 2 is 2.03 bits per heavy atom. The van der Waals surface area contributed by atoms with Crippen LogP contribution >= 0.6 is 0 Å². The van der Waals surface area contributed by atoms with Crippen molar-refractivity contribution in [3.05, 3.63) is 47.2 Å². The maximum absolute atomic E-state index is 13.4. The average molecular weight is 498 g/mol. The van der Waals surface area contributed by atoms with E-state index in [0.717, 1.165) is 0 Å². The van der Waals surface area contributed by atoms with E-state index in [1.54, 1.807) is 18.2 Å². The second-order valence-electron chi connectivity index (χ2n) is 8.17. The van der Waals surface area contributed by atoms with Crippen LogP contribution < -0.4 is 16.2 Å². The highest BCUT2D eigenvalue weighted by atomic mass is 32.2. The number of carbonyl (C=O) groups excluding carboxylic acids is 2. The van der Waals surface area contributed by atoms with E-state index >= 15 is 0 Å². The molecule has 0 spiro atoms. The number of nitrogens with zero attached hydrogens (tertiary/aromatic N) is 3. The number of aromatic nitrogens is 2. The topological polar surface area (TPSA) is 153 Å². The van der Waals surface area contributed by atoms with E-state index in [1.165, 1.54) is 22.3 Å². The molecule has 182 valence electrons. The zero-order chi connectivity index (χ0) is 24.7. The van der Waals surface area contributed by atoms with Gasteiger partial charge in [0.1, 0.15) is 16.8 Å². The molecule has 1 aromatic carbocycles. The fourth-order valence-corrected chi connectivity index (χ4v) is 5.70. The van der Waals surface area contributed by atoms with Crippen LogP contribution in [0.25, 0.3) is 10.9 Å². The Bertz CT molecular complexity index is 1450. The van der Waals surface area contributed by atoms with E-state index in [2.05, 4.69) is 32.1 Å². The molecule has 2 aliphatic rings. The number of aromatic amines is 1. The minimum absolute atomic E-state index is 0.00390. The third kappa shape index (κ3) is 4.06. The van der Waals surface area contributed by atoms with E-state index < -0.39 is 27.9 Å². The minimum atomic E-state index is -3.98. The zero-order valence-electron chi connectivity index (χ0n) is 18.8. The van der Waals surface area contributed by atoms with Gasteiger partial charge in [-0.2, -0.15) is 4.31 Å². The number of amides is 2. The number of hydrogen-bond acceptors (Lipinski definition) is 8. The van der Waals surface area contributed by atoms with E-state index in [-0.39, 0.29) is 30.6 Å². The van der Waals surface area contributed by atoms with Crippen LogP contribution in [0.3, 0.4) is 0 Å². The third-order valence-corrected chi connectivity index (χ3v) is 7.91. The summed E-state index contributed by atoms with van der Waals surface area (Å²) in [6.07, 6.45) is 5.44. The second kappa shape index (κ2) is 8.82. The largest absolute Gasteiger partial charge is 0.436 e. The summed E-state index contributed by atoms with van der Waals surface area (Å²) in [5.74, 6) is 1.87. The molecule has 1 fully saturated rings. The van der Waals surface area contributed by atoms with E-state index in [0.29, 0.717) is 41.0 Å². The van der Waals surface area contributed by atoms with Crippen molar-refractivity contribution in [2.24, 2.45) is 0 Å². The summed E-state index contributed by atoms with van der Waals surface area (Å²) in [6.45, 7) is 0.525. The Labute approximate surface area is 201 Å². The molecule has 12 nitrogen and oxygen atoms in total. The molecule has 0 saturated carbocycles. The van der Waals surface area contributed by atoms with Gasteiger partial charge in [-0.3, -0.25) is 15.0 Å². The normalized spacial score (nSPS) is 18.7. The Kier molecular flexibility index (Phi) is 5.81. The monoisotopic (exact) mass is 497 g/mol. The van der Waals surface area contributed by atoms with E-state index in [4.69, 9.17) is 10.8 Å². The van der Waals surface area contributed by atoms with Crippen LogP contribution in [0.15, 0.2) is 33.7 Å². The van der Waals surface area contributed by atoms with Crippen molar-refractivity contribution in [3.63, 3.8) is 0 Å². The van der Waals surface area contributed by atoms with Crippen LogP contribution in [0.2, 0.25) is 0 Å². The van der Waals surface area contributed by atoms with Gasteiger partial charge in [-0.15, -0.1) is 6.42 Å². The van der Waals surface area contributed by atoms with Crippen molar-refractivity contribution in [3.8, 4) is 12.3 Å². The molecule has 13 heteroatoms. The SMILES string of the molecule is C#Cc1ccc2[nH]c(S(=O)(=O)N3CCN(C(=O)c4nc5c(o4)CNNC5)C(C(=O)NC)C3)cc2c1. The summed E-state index contributed by atoms with van der Waals surface area (Å²) < 4.78 is 33.6. The molecule has 0 bridgehead atoms. The van der Waals surface area contributed by atoms with Gasteiger partial charge in [-0.05, 0) is 24.3 Å². The maximum Gasteiger partial charge on any atom is 0.310 e. The average Bonchev–Trinajstić information content (AvgIpc) is 3.51. The molecule has 4 heterocycles. The van der Waals surface area contributed by atoms with Gasteiger partial charge in [-0.1, -0.05) is 5.92 Å². The number of terminal acetylenes is 1. The highest BCUT2D eigenvalue weighted by Gasteiger charge is 2.41. The number of carbonyl (C=O) groups is 2. The van der Waals surface area contributed by atoms with Crippen molar-refractivity contribution in [1.29, 1.82) is 0 Å². The lowest BCUT2D eigenvalue weighted by Crippen LogP contribution is -2.61. The quantitative estimate of drug-likeness (QED) is 0.352. The van der Waals surface area contributed by atoms with Crippen molar-refractivity contribution in [1.82, 2.24) is 35.3 Å². The summed E-state index contributed by atoms with van der Waals surface area (Å²) in [5.41, 5.74) is 7.68. The molecular weight excluding hydrogens is 474 g/mol. The summed E-state index contributed by atoms with van der Waals surface area (Å²) in [6, 6.07) is 5.60. The number of sulfonamides is 1. The number of benzene rings is 1. The van der Waals surface area contributed by atoms with Gasteiger partial charge in [0.2, 0.25) is 5.91 Å². The first-order valence-corrected chi connectivity index (χ1v) is 12.3. The maximum atomic E-state index is 13.4. The smallest absolute Gasteiger partial charge is 0.310 e. The van der Waals surface area contributed by atoms with Gasteiger partial charge >= 0.3 is 5.91 Å². The Morgan fingerprint density at radius 3 is 2.77 bits per heavy atom. The van der Waals surface area contributed by atoms with Crippen LogP contribution in [0.4, 0.5) is 0 Å². The molecule has 0 radical (unpaired) electrons. The van der Waals surface area contributed by atoms with Gasteiger partial charge in [-0.25, -0.2) is 18.8 Å². The highest BCUT2D eigenvalue weighted by Crippen LogP contribution is 2.26. The van der Waals surface area contributed by atoms with Gasteiger partial charge in [0.25, 0.3) is 15.9 Å². The predicted molar refractivity (Wildman–Crippen MR) is 124 cm³/mol. The molecule has 1 unspecified atom stereocenters. The minimum Gasteiger partial charge on any atom is -0.436 e. The first kappa shape index (κ1) is 23.1. The number of likely N-dealkylation sites (N-methyl/N-ethyl adjacent to an activating group) is 1. The number of H-pyrrole nitrogens is 1. The zero-order valence-corrected chi connectivity index (χ0v) is 19.6. The number of hydrazine groups is 1. The van der Waals surface area contributed by atoms with Gasteiger partial charge in [0.15, 0.2) is 0 Å². The van der Waals surface area contributed by atoms with Crippen LogP contribution in [-0.4, -0.2) is 72.1 Å². The fourth-order valence-electron chi connectivity index (χ4n) is 4.25. The molecule has 2 aliphatic heterocycles. The first-order valence-electron chi connectivity index (χ1n) is 10.9. The Hall–Kier alpha value is -3.70. The molecular formula is C22H23N7O5S. The molecule has 1 saturated heterocycles. The lowest BCUT2D eigenvalue weighted by molar-refractivity contribution is -0.126. The molecule has 0 aliphatic carbocycles. The molecule has 3 aromatic rings. The standard InChI is InChI=1S/C22H23N7O5S/c1-3-13-4-5-15-14(8-13)9-19(26-15)35(32,33)28-6-7-29(17(12-28)20(30)23-2)22(31)21-27-16-10-24-25-11-18(16)34-21/h1,4-5,8-9,17,24-26H,6-7,10-12H2,2H3,(H,23,30). The summed E-state index contributed by atoms with van der Waals surface area (Å²) in [7, 11) is -2.55. The number of piperazine rings is 1. The molecule has 2 aromatic heterocycles.